The van der Waals surface area contributed by atoms with Crippen LogP contribution in [0.1, 0.15) is 12.5 Å². The minimum absolute atomic E-state index is 0.113. The maximum Gasteiger partial charge on any atom is 0.338 e. The highest BCUT2D eigenvalue weighted by molar-refractivity contribution is 7.99. The lowest BCUT2D eigenvalue weighted by Crippen LogP contribution is -2.50. The van der Waals surface area contributed by atoms with Crippen LogP contribution in [0.3, 0.4) is 0 Å². The quantitative estimate of drug-likeness (QED) is 0.206. The van der Waals surface area contributed by atoms with E-state index in [1.165, 1.54) is 0 Å². The summed E-state index contributed by atoms with van der Waals surface area (Å²) in [6.45, 7) is 2.87. The normalized spacial score (nSPS) is 14.7. The molecule has 2 amide bonds. The number of thioether (sulfide) groups is 1. The lowest BCUT2D eigenvalue weighted by atomic mass is 10.1. The third-order valence-electron chi connectivity index (χ3n) is 4.05. The number of nitrogen functional groups attached to an aromatic ring is 1. The van der Waals surface area contributed by atoms with Gasteiger partial charge in [0.1, 0.15) is 5.84 Å². The Morgan fingerprint density at radius 2 is 2.04 bits per heavy atom. The number of ether oxygens (including phenoxy) is 1. The molecule has 1 aliphatic rings. The van der Waals surface area contributed by atoms with Crippen LogP contribution in [-0.4, -0.2) is 72.3 Å². The molecular formula is C18H25N5O4S. The first kappa shape index (κ1) is 21.5. The first-order valence-electron chi connectivity index (χ1n) is 8.93. The van der Waals surface area contributed by atoms with Gasteiger partial charge in [-0.15, -0.1) is 0 Å². The summed E-state index contributed by atoms with van der Waals surface area (Å²) in [5.74, 6) is 0.0145. The van der Waals surface area contributed by atoms with Crippen LogP contribution in [-0.2, 0) is 19.1 Å². The molecule has 1 heterocycles. The van der Waals surface area contributed by atoms with Crippen molar-refractivity contribution in [2.24, 2.45) is 5.73 Å². The zero-order chi connectivity index (χ0) is 20.5. The van der Waals surface area contributed by atoms with E-state index in [0.29, 0.717) is 24.3 Å². The Hall–Kier alpha value is -2.75. The molecular weight excluding hydrogens is 382 g/mol. The second-order valence-electron chi connectivity index (χ2n) is 6.03. The first-order valence-corrected chi connectivity index (χ1v) is 10.1. The van der Waals surface area contributed by atoms with Crippen LogP contribution in [0.5, 0.6) is 0 Å². The van der Waals surface area contributed by atoms with Crippen molar-refractivity contribution in [3.8, 4) is 0 Å². The number of benzene rings is 1. The number of carbonyl (C=O) groups is 3. The Bertz CT molecular complexity index is 736. The van der Waals surface area contributed by atoms with Crippen LogP contribution in [0.25, 0.3) is 0 Å². The molecule has 1 fully saturated rings. The van der Waals surface area contributed by atoms with Gasteiger partial charge in [-0.3, -0.25) is 15.0 Å². The predicted molar refractivity (Wildman–Crippen MR) is 108 cm³/mol. The Balaban J connectivity index is 2.03. The average Bonchev–Trinajstić information content (AvgIpc) is 2.71. The van der Waals surface area contributed by atoms with Crippen molar-refractivity contribution in [3.05, 3.63) is 29.8 Å². The summed E-state index contributed by atoms with van der Waals surface area (Å²) in [6.07, 6.45) is 0. The fourth-order valence-electron chi connectivity index (χ4n) is 2.59. The summed E-state index contributed by atoms with van der Waals surface area (Å²) >= 11 is 1.78. The summed E-state index contributed by atoms with van der Waals surface area (Å²) < 4.78 is 4.97. The van der Waals surface area contributed by atoms with Crippen molar-refractivity contribution in [2.75, 3.05) is 43.1 Å². The van der Waals surface area contributed by atoms with Crippen LogP contribution >= 0.6 is 11.8 Å². The van der Waals surface area contributed by atoms with Crippen molar-refractivity contribution in [1.29, 1.82) is 5.41 Å². The van der Waals surface area contributed by atoms with Gasteiger partial charge in [0.25, 0.3) is 5.91 Å². The minimum Gasteiger partial charge on any atom is -0.464 e. The zero-order valence-electron chi connectivity index (χ0n) is 15.7. The van der Waals surface area contributed by atoms with Crippen molar-refractivity contribution < 1.29 is 19.1 Å². The third kappa shape index (κ3) is 6.15. The van der Waals surface area contributed by atoms with E-state index in [1.807, 2.05) is 0 Å². The molecule has 152 valence electrons. The summed E-state index contributed by atoms with van der Waals surface area (Å²) in [4.78, 5) is 38.7. The molecule has 0 aromatic heterocycles. The Kier molecular flexibility index (Phi) is 8.12. The summed E-state index contributed by atoms with van der Waals surface area (Å²) in [6, 6.07) is 5.16. The number of hydrogen-bond donors (Lipinski definition) is 4. The van der Waals surface area contributed by atoms with Gasteiger partial charge in [0.05, 0.1) is 13.2 Å². The number of amides is 2. The standard InChI is InChI=1S/C18H25N5O4S/c1-2-27-18(26)15(22-13-5-3-4-12(10-13)16(19)20)17(25)21-11-14(24)23-6-8-28-9-7-23/h3-5,10,15,22H,2,6-9,11H2,1H3,(H3,19,20)(H,21,25). The van der Waals surface area contributed by atoms with Crippen LogP contribution in [0.4, 0.5) is 5.69 Å². The molecule has 1 aromatic carbocycles. The zero-order valence-corrected chi connectivity index (χ0v) is 16.5. The maximum atomic E-state index is 12.6. The van der Waals surface area contributed by atoms with E-state index >= 15 is 0 Å². The average molecular weight is 407 g/mol. The van der Waals surface area contributed by atoms with Crippen LogP contribution in [0.15, 0.2) is 24.3 Å². The number of nitrogens with zero attached hydrogens (tertiary/aromatic N) is 1. The number of esters is 1. The van der Waals surface area contributed by atoms with Gasteiger partial charge in [-0.25, -0.2) is 4.79 Å². The molecule has 1 atom stereocenters. The van der Waals surface area contributed by atoms with Gasteiger partial charge >= 0.3 is 5.97 Å². The summed E-state index contributed by atoms with van der Waals surface area (Å²) in [5.41, 5.74) is 6.35. The van der Waals surface area contributed by atoms with E-state index in [-0.39, 0.29) is 24.9 Å². The molecule has 2 rings (SSSR count). The third-order valence-corrected chi connectivity index (χ3v) is 4.99. The highest BCUT2D eigenvalue weighted by Gasteiger charge is 2.29. The van der Waals surface area contributed by atoms with Crippen LogP contribution in [0, 0.1) is 5.41 Å². The van der Waals surface area contributed by atoms with E-state index in [4.69, 9.17) is 15.9 Å². The molecule has 5 N–H and O–H groups in total. The fourth-order valence-corrected chi connectivity index (χ4v) is 3.49. The van der Waals surface area contributed by atoms with E-state index < -0.39 is 17.9 Å². The molecule has 10 heteroatoms. The molecule has 0 bridgehead atoms. The van der Waals surface area contributed by atoms with E-state index in [0.717, 1.165) is 11.5 Å². The van der Waals surface area contributed by atoms with E-state index in [9.17, 15) is 14.4 Å². The number of carbonyl (C=O) groups excluding carboxylic acids is 3. The van der Waals surface area contributed by atoms with Crippen molar-refractivity contribution in [2.45, 2.75) is 13.0 Å². The van der Waals surface area contributed by atoms with Crippen LogP contribution < -0.4 is 16.4 Å². The van der Waals surface area contributed by atoms with Gasteiger partial charge in [-0.2, -0.15) is 11.8 Å². The first-order chi connectivity index (χ1) is 13.4. The largest absolute Gasteiger partial charge is 0.464 e. The highest BCUT2D eigenvalue weighted by atomic mass is 32.2. The number of hydrogen-bond acceptors (Lipinski definition) is 7. The van der Waals surface area contributed by atoms with Gasteiger partial charge in [0, 0.05) is 35.8 Å². The monoisotopic (exact) mass is 407 g/mol. The smallest absolute Gasteiger partial charge is 0.338 e. The van der Waals surface area contributed by atoms with Gasteiger partial charge < -0.3 is 26.0 Å². The molecule has 0 saturated carbocycles. The van der Waals surface area contributed by atoms with E-state index in [1.54, 1.807) is 47.9 Å². The fraction of sp³-hybridized carbons (Fsp3) is 0.444. The summed E-state index contributed by atoms with van der Waals surface area (Å²) in [5, 5.41) is 12.8. The van der Waals surface area contributed by atoms with Gasteiger partial charge in [-0.1, -0.05) is 12.1 Å². The molecule has 0 aliphatic carbocycles. The van der Waals surface area contributed by atoms with Crippen molar-refractivity contribution >= 4 is 41.1 Å². The molecule has 1 aromatic rings. The number of nitrogens with one attached hydrogen (secondary N) is 3. The van der Waals surface area contributed by atoms with Crippen molar-refractivity contribution in [3.63, 3.8) is 0 Å². The number of amidine groups is 1. The second-order valence-corrected chi connectivity index (χ2v) is 7.26. The lowest BCUT2D eigenvalue weighted by molar-refractivity contribution is -0.147. The molecule has 1 saturated heterocycles. The minimum atomic E-state index is -1.33. The number of anilines is 1. The lowest BCUT2D eigenvalue weighted by Gasteiger charge is -2.26. The number of rotatable bonds is 8. The Morgan fingerprint density at radius 3 is 2.68 bits per heavy atom. The maximum absolute atomic E-state index is 12.6. The van der Waals surface area contributed by atoms with Gasteiger partial charge in [0.2, 0.25) is 11.9 Å². The Morgan fingerprint density at radius 1 is 1.32 bits per heavy atom. The number of nitrogens with two attached hydrogens (primary N) is 1. The molecule has 0 radical (unpaired) electrons. The SMILES string of the molecule is CCOC(=O)C(Nc1cccc(C(=N)N)c1)C(=O)NCC(=O)N1CCSCC1. The Labute approximate surface area is 167 Å². The predicted octanol–water partition coefficient (Wildman–Crippen LogP) is 0.00587. The van der Waals surface area contributed by atoms with Crippen molar-refractivity contribution in [1.82, 2.24) is 10.2 Å². The topological polar surface area (TPSA) is 138 Å². The molecule has 0 spiro atoms. The highest BCUT2D eigenvalue weighted by Crippen LogP contribution is 2.13. The van der Waals surface area contributed by atoms with Crippen LogP contribution in [0.2, 0.25) is 0 Å². The summed E-state index contributed by atoms with van der Waals surface area (Å²) in [7, 11) is 0. The molecule has 9 nitrogen and oxygen atoms in total. The second kappa shape index (κ2) is 10.5. The van der Waals surface area contributed by atoms with Gasteiger partial charge in [-0.05, 0) is 19.1 Å². The molecule has 28 heavy (non-hydrogen) atoms. The van der Waals surface area contributed by atoms with E-state index in [2.05, 4.69) is 10.6 Å². The molecule has 1 aliphatic heterocycles. The molecule has 1 unspecified atom stereocenters. The van der Waals surface area contributed by atoms with Gasteiger partial charge in [0.15, 0.2) is 0 Å².